The molecule has 1 unspecified atom stereocenters. The minimum atomic E-state index is -0.937. The Morgan fingerprint density at radius 1 is 1.45 bits per heavy atom. The second kappa shape index (κ2) is 3.22. The predicted molar refractivity (Wildman–Crippen MR) is 45.7 cm³/mol. The lowest BCUT2D eigenvalue weighted by Crippen LogP contribution is -1.85. The normalized spacial score (nSPS) is 13.1. The Hall–Kier alpha value is -0.560. The molecule has 1 rings (SSSR count). The molecule has 0 nitrogen and oxygen atoms in total. The number of halogens is 2. The van der Waals surface area contributed by atoms with E-state index in [-0.39, 0.29) is 0 Å². The van der Waals surface area contributed by atoms with Crippen LogP contribution in [-0.4, -0.2) is 0 Å². The van der Waals surface area contributed by atoms with Gasteiger partial charge in [-0.25, -0.2) is 4.39 Å². The largest absolute Gasteiger partial charge is 0.243 e. The van der Waals surface area contributed by atoms with E-state index in [0.717, 1.165) is 5.56 Å². The van der Waals surface area contributed by atoms with E-state index < -0.39 is 6.17 Å². The molecule has 0 saturated carbocycles. The Kier molecular flexibility index (Phi) is 2.50. The van der Waals surface area contributed by atoms with Crippen LogP contribution in [0.5, 0.6) is 0 Å². The number of rotatable bonds is 1. The molecule has 0 spiro atoms. The monoisotopic (exact) mass is 172 g/mol. The SMILES string of the molecule is Cc1ccc(C(C)F)cc1Cl. The summed E-state index contributed by atoms with van der Waals surface area (Å²) in [7, 11) is 0. The molecule has 2 heteroatoms. The van der Waals surface area contributed by atoms with Crippen molar-refractivity contribution < 1.29 is 4.39 Å². The lowest BCUT2D eigenvalue weighted by atomic mass is 10.1. The molecule has 60 valence electrons. The molecule has 0 saturated heterocycles. The van der Waals surface area contributed by atoms with E-state index in [9.17, 15) is 4.39 Å². The van der Waals surface area contributed by atoms with Crippen LogP contribution in [0.4, 0.5) is 4.39 Å². The average molecular weight is 173 g/mol. The molecular formula is C9H10ClF. The van der Waals surface area contributed by atoms with Crippen molar-refractivity contribution in [1.82, 2.24) is 0 Å². The van der Waals surface area contributed by atoms with E-state index in [1.165, 1.54) is 6.92 Å². The molecule has 1 aromatic carbocycles. The maximum atomic E-state index is 12.7. The van der Waals surface area contributed by atoms with E-state index in [4.69, 9.17) is 11.6 Å². The van der Waals surface area contributed by atoms with Gasteiger partial charge in [-0.2, -0.15) is 0 Å². The standard InChI is InChI=1S/C9H10ClF/c1-6-3-4-8(7(2)11)5-9(6)10/h3-5,7H,1-2H3. The van der Waals surface area contributed by atoms with Gasteiger partial charge in [0.1, 0.15) is 6.17 Å². The highest BCUT2D eigenvalue weighted by Gasteiger charge is 2.03. The summed E-state index contributed by atoms with van der Waals surface area (Å²) in [5.74, 6) is 0. The minimum Gasteiger partial charge on any atom is -0.243 e. The molecule has 0 bridgehead atoms. The molecule has 0 fully saturated rings. The fourth-order valence-corrected chi connectivity index (χ4v) is 1.05. The van der Waals surface area contributed by atoms with Gasteiger partial charge in [0.25, 0.3) is 0 Å². The Labute approximate surface area is 71.0 Å². The Bertz CT molecular complexity index is 256. The van der Waals surface area contributed by atoms with Gasteiger partial charge in [0.2, 0.25) is 0 Å². The van der Waals surface area contributed by atoms with Gasteiger partial charge in [-0.05, 0) is 31.0 Å². The molecule has 0 N–H and O–H groups in total. The molecule has 0 radical (unpaired) electrons. The highest BCUT2D eigenvalue weighted by atomic mass is 35.5. The lowest BCUT2D eigenvalue weighted by molar-refractivity contribution is 0.374. The van der Waals surface area contributed by atoms with Crippen molar-refractivity contribution in [2.24, 2.45) is 0 Å². The van der Waals surface area contributed by atoms with Crippen molar-refractivity contribution in [1.29, 1.82) is 0 Å². The summed E-state index contributed by atoms with van der Waals surface area (Å²) in [6.45, 7) is 3.40. The molecule has 0 aromatic heterocycles. The van der Waals surface area contributed by atoms with Crippen molar-refractivity contribution in [2.45, 2.75) is 20.0 Å². The van der Waals surface area contributed by atoms with E-state index in [0.29, 0.717) is 10.6 Å². The molecule has 0 aliphatic rings. The number of hydrogen-bond donors (Lipinski definition) is 0. The van der Waals surface area contributed by atoms with Crippen LogP contribution in [0.3, 0.4) is 0 Å². The van der Waals surface area contributed by atoms with Gasteiger partial charge in [0.15, 0.2) is 0 Å². The zero-order valence-electron chi connectivity index (χ0n) is 6.57. The van der Waals surface area contributed by atoms with Gasteiger partial charge >= 0.3 is 0 Å². The minimum absolute atomic E-state index is 0.631. The summed E-state index contributed by atoms with van der Waals surface area (Å²) >= 11 is 5.79. The molecule has 0 aliphatic heterocycles. The van der Waals surface area contributed by atoms with Crippen LogP contribution in [0.1, 0.15) is 24.2 Å². The summed E-state index contributed by atoms with van der Waals surface area (Å²) in [5.41, 5.74) is 1.62. The van der Waals surface area contributed by atoms with Crippen LogP contribution in [0.2, 0.25) is 5.02 Å². The number of benzene rings is 1. The quantitative estimate of drug-likeness (QED) is 0.606. The van der Waals surface area contributed by atoms with E-state index >= 15 is 0 Å². The van der Waals surface area contributed by atoms with E-state index in [1.807, 2.05) is 13.0 Å². The van der Waals surface area contributed by atoms with E-state index in [2.05, 4.69) is 0 Å². The first-order valence-corrected chi connectivity index (χ1v) is 3.89. The lowest BCUT2D eigenvalue weighted by Gasteiger charge is -2.03. The highest BCUT2D eigenvalue weighted by molar-refractivity contribution is 6.31. The zero-order chi connectivity index (χ0) is 8.43. The number of hydrogen-bond acceptors (Lipinski definition) is 0. The number of alkyl halides is 1. The summed E-state index contributed by atoms with van der Waals surface area (Å²) < 4.78 is 12.7. The molecule has 1 atom stereocenters. The predicted octanol–water partition coefficient (Wildman–Crippen LogP) is 3.68. The third-order valence-electron chi connectivity index (χ3n) is 1.66. The highest BCUT2D eigenvalue weighted by Crippen LogP contribution is 2.22. The molecule has 0 amide bonds. The first kappa shape index (κ1) is 8.54. The third kappa shape index (κ3) is 1.93. The second-order valence-corrected chi connectivity index (χ2v) is 3.03. The number of aryl methyl sites for hydroxylation is 1. The van der Waals surface area contributed by atoms with Gasteiger partial charge in [-0.1, -0.05) is 23.7 Å². The Morgan fingerprint density at radius 2 is 2.09 bits per heavy atom. The maximum Gasteiger partial charge on any atom is 0.122 e. The van der Waals surface area contributed by atoms with Crippen molar-refractivity contribution >= 4 is 11.6 Å². The summed E-state index contributed by atoms with van der Waals surface area (Å²) in [4.78, 5) is 0. The smallest absolute Gasteiger partial charge is 0.122 e. The van der Waals surface area contributed by atoms with Crippen molar-refractivity contribution in [3.63, 3.8) is 0 Å². The summed E-state index contributed by atoms with van der Waals surface area (Å²) in [6.07, 6.45) is -0.937. The topological polar surface area (TPSA) is 0 Å². The van der Waals surface area contributed by atoms with Crippen LogP contribution in [0.25, 0.3) is 0 Å². The first-order valence-electron chi connectivity index (χ1n) is 3.51. The van der Waals surface area contributed by atoms with Crippen LogP contribution in [0, 0.1) is 6.92 Å². The van der Waals surface area contributed by atoms with Gasteiger partial charge in [-0.15, -0.1) is 0 Å². The van der Waals surface area contributed by atoms with E-state index in [1.54, 1.807) is 12.1 Å². The van der Waals surface area contributed by atoms with Gasteiger partial charge in [-0.3, -0.25) is 0 Å². The van der Waals surface area contributed by atoms with Crippen LogP contribution in [0.15, 0.2) is 18.2 Å². The Morgan fingerprint density at radius 3 is 2.55 bits per heavy atom. The van der Waals surface area contributed by atoms with Crippen molar-refractivity contribution in [2.75, 3.05) is 0 Å². The molecule has 0 aliphatic carbocycles. The van der Waals surface area contributed by atoms with Crippen LogP contribution < -0.4 is 0 Å². The van der Waals surface area contributed by atoms with Gasteiger partial charge < -0.3 is 0 Å². The fraction of sp³-hybridized carbons (Fsp3) is 0.333. The second-order valence-electron chi connectivity index (χ2n) is 2.62. The Balaban J connectivity index is 3.05. The summed E-state index contributed by atoms with van der Waals surface area (Å²) in [6, 6.07) is 5.25. The fourth-order valence-electron chi connectivity index (χ4n) is 0.857. The molecule has 11 heavy (non-hydrogen) atoms. The maximum absolute atomic E-state index is 12.7. The first-order chi connectivity index (χ1) is 5.11. The van der Waals surface area contributed by atoms with Crippen molar-refractivity contribution in [3.05, 3.63) is 34.3 Å². The van der Waals surface area contributed by atoms with Crippen LogP contribution >= 0.6 is 11.6 Å². The van der Waals surface area contributed by atoms with Gasteiger partial charge in [0, 0.05) is 5.02 Å². The van der Waals surface area contributed by atoms with Crippen molar-refractivity contribution in [3.8, 4) is 0 Å². The molecule has 1 aromatic rings. The molecule has 0 heterocycles. The third-order valence-corrected chi connectivity index (χ3v) is 2.06. The average Bonchev–Trinajstić information content (AvgIpc) is 1.94. The zero-order valence-corrected chi connectivity index (χ0v) is 7.32. The van der Waals surface area contributed by atoms with Crippen LogP contribution in [-0.2, 0) is 0 Å². The summed E-state index contributed by atoms with van der Waals surface area (Å²) in [5, 5.41) is 0.631. The van der Waals surface area contributed by atoms with Gasteiger partial charge in [0.05, 0.1) is 0 Å². The molecular weight excluding hydrogens is 163 g/mol.